The lowest BCUT2D eigenvalue weighted by Gasteiger charge is -2.13. The zero-order chi connectivity index (χ0) is 11.7. The number of carbonyl (C=O) groups excluding carboxylic acids is 1. The topological polar surface area (TPSA) is 50.4 Å². The van der Waals surface area contributed by atoms with Crippen molar-refractivity contribution in [3.63, 3.8) is 0 Å². The van der Waals surface area contributed by atoms with Crippen LogP contribution in [0.2, 0.25) is 0 Å². The van der Waals surface area contributed by atoms with Crippen LogP contribution < -0.4 is 15.4 Å². The number of fused-ring (bicyclic) bond motifs is 1. The summed E-state index contributed by atoms with van der Waals surface area (Å²) in [7, 11) is 0. The molecule has 1 atom stereocenters. The van der Waals surface area contributed by atoms with E-state index in [-0.39, 0.29) is 5.91 Å². The van der Waals surface area contributed by atoms with Gasteiger partial charge in [-0.2, -0.15) is 0 Å². The number of benzene rings is 1. The van der Waals surface area contributed by atoms with E-state index in [1.165, 1.54) is 5.56 Å². The Kier molecular flexibility index (Phi) is 2.73. The third-order valence-electron chi connectivity index (χ3n) is 3.40. The standard InChI is InChI=1S/C13H16N2O2/c16-13-4-6-17-12-2-1-9(7-11(12)15-13)10-3-5-14-8-10/h1-2,7,10,14H,3-6,8H2,(H,15,16). The zero-order valence-corrected chi connectivity index (χ0v) is 9.66. The van der Waals surface area contributed by atoms with E-state index in [4.69, 9.17) is 4.74 Å². The van der Waals surface area contributed by atoms with E-state index in [0.717, 1.165) is 30.9 Å². The van der Waals surface area contributed by atoms with E-state index in [1.54, 1.807) is 0 Å². The van der Waals surface area contributed by atoms with Crippen LogP contribution in [0.1, 0.15) is 24.3 Å². The fourth-order valence-electron chi connectivity index (χ4n) is 2.43. The van der Waals surface area contributed by atoms with Crippen LogP contribution in [0, 0.1) is 0 Å². The highest BCUT2D eigenvalue weighted by Gasteiger charge is 2.20. The summed E-state index contributed by atoms with van der Waals surface area (Å²) in [6, 6.07) is 6.12. The zero-order valence-electron chi connectivity index (χ0n) is 9.66. The highest BCUT2D eigenvalue weighted by atomic mass is 16.5. The number of hydrogen-bond donors (Lipinski definition) is 2. The molecule has 4 heteroatoms. The van der Waals surface area contributed by atoms with Crippen LogP contribution in [0.25, 0.3) is 0 Å². The van der Waals surface area contributed by atoms with Crippen LogP contribution in [0.4, 0.5) is 5.69 Å². The average molecular weight is 232 g/mol. The van der Waals surface area contributed by atoms with Crippen LogP contribution in [0.3, 0.4) is 0 Å². The first-order valence-electron chi connectivity index (χ1n) is 6.10. The van der Waals surface area contributed by atoms with E-state index in [2.05, 4.69) is 22.8 Å². The van der Waals surface area contributed by atoms with Crippen LogP contribution in [0.5, 0.6) is 5.75 Å². The van der Waals surface area contributed by atoms with E-state index in [9.17, 15) is 4.79 Å². The van der Waals surface area contributed by atoms with Crippen molar-refractivity contribution in [2.24, 2.45) is 0 Å². The fourth-order valence-corrected chi connectivity index (χ4v) is 2.43. The van der Waals surface area contributed by atoms with Gasteiger partial charge in [0.2, 0.25) is 5.91 Å². The van der Waals surface area contributed by atoms with Gasteiger partial charge in [0.1, 0.15) is 5.75 Å². The lowest BCUT2D eigenvalue weighted by atomic mass is 9.98. The van der Waals surface area contributed by atoms with Gasteiger partial charge in [0, 0.05) is 6.54 Å². The summed E-state index contributed by atoms with van der Waals surface area (Å²) < 4.78 is 5.54. The van der Waals surface area contributed by atoms with Gasteiger partial charge in [0.05, 0.1) is 18.7 Å². The van der Waals surface area contributed by atoms with Gasteiger partial charge in [0.25, 0.3) is 0 Å². The molecule has 1 aromatic carbocycles. The van der Waals surface area contributed by atoms with Gasteiger partial charge in [0.15, 0.2) is 0 Å². The van der Waals surface area contributed by atoms with Gasteiger partial charge in [-0.25, -0.2) is 0 Å². The molecule has 4 nitrogen and oxygen atoms in total. The lowest BCUT2D eigenvalue weighted by molar-refractivity contribution is -0.116. The van der Waals surface area contributed by atoms with E-state index >= 15 is 0 Å². The number of ether oxygens (including phenoxy) is 1. The Morgan fingerprint density at radius 1 is 1.35 bits per heavy atom. The van der Waals surface area contributed by atoms with Crippen LogP contribution in [-0.4, -0.2) is 25.6 Å². The number of hydrogen-bond acceptors (Lipinski definition) is 3. The molecule has 2 aliphatic rings. The maximum atomic E-state index is 11.5. The fraction of sp³-hybridized carbons (Fsp3) is 0.462. The molecule has 2 aliphatic heterocycles. The van der Waals surface area contributed by atoms with Crippen molar-refractivity contribution in [2.75, 3.05) is 25.0 Å². The second kappa shape index (κ2) is 4.37. The van der Waals surface area contributed by atoms with Gasteiger partial charge in [-0.05, 0) is 36.6 Å². The minimum absolute atomic E-state index is 0.0328. The Balaban J connectivity index is 1.91. The monoisotopic (exact) mass is 232 g/mol. The van der Waals surface area contributed by atoms with Crippen molar-refractivity contribution in [2.45, 2.75) is 18.8 Å². The molecule has 0 aliphatic carbocycles. The molecule has 1 fully saturated rings. The molecule has 1 unspecified atom stereocenters. The Morgan fingerprint density at radius 3 is 3.12 bits per heavy atom. The maximum Gasteiger partial charge on any atom is 0.227 e. The molecule has 2 heterocycles. The summed E-state index contributed by atoms with van der Waals surface area (Å²) >= 11 is 0. The molecular formula is C13H16N2O2. The molecule has 2 N–H and O–H groups in total. The quantitative estimate of drug-likeness (QED) is 0.771. The minimum Gasteiger partial charge on any atom is -0.491 e. The lowest BCUT2D eigenvalue weighted by Crippen LogP contribution is -2.11. The van der Waals surface area contributed by atoms with Gasteiger partial charge in [-0.3, -0.25) is 4.79 Å². The highest BCUT2D eigenvalue weighted by Crippen LogP contribution is 2.32. The normalized spacial score (nSPS) is 23.5. The number of anilines is 1. The van der Waals surface area contributed by atoms with Crippen LogP contribution in [-0.2, 0) is 4.79 Å². The smallest absolute Gasteiger partial charge is 0.227 e. The minimum atomic E-state index is 0.0328. The second-order valence-electron chi connectivity index (χ2n) is 4.59. The molecule has 0 spiro atoms. The largest absolute Gasteiger partial charge is 0.491 e. The van der Waals surface area contributed by atoms with Crippen LogP contribution in [0.15, 0.2) is 18.2 Å². The predicted molar refractivity (Wildman–Crippen MR) is 65.4 cm³/mol. The third kappa shape index (κ3) is 2.13. The van der Waals surface area contributed by atoms with Gasteiger partial charge in [-0.1, -0.05) is 6.07 Å². The average Bonchev–Trinajstić information content (AvgIpc) is 2.78. The van der Waals surface area contributed by atoms with Crippen LogP contribution >= 0.6 is 0 Å². The number of amides is 1. The van der Waals surface area contributed by atoms with E-state index in [1.807, 2.05) is 6.07 Å². The molecular weight excluding hydrogens is 216 g/mol. The van der Waals surface area contributed by atoms with Gasteiger partial charge < -0.3 is 15.4 Å². The van der Waals surface area contributed by atoms with Gasteiger partial charge >= 0.3 is 0 Å². The predicted octanol–water partition coefficient (Wildman–Crippen LogP) is 1.48. The van der Waals surface area contributed by atoms with Crippen molar-refractivity contribution in [1.29, 1.82) is 0 Å². The first kappa shape index (κ1) is 10.6. The van der Waals surface area contributed by atoms with E-state index in [0.29, 0.717) is 18.9 Å². The summed E-state index contributed by atoms with van der Waals surface area (Å²) in [5, 5.41) is 6.26. The summed E-state index contributed by atoms with van der Waals surface area (Å²) in [6.45, 7) is 2.56. The Morgan fingerprint density at radius 2 is 2.29 bits per heavy atom. The first-order chi connectivity index (χ1) is 8.33. The molecule has 1 amide bonds. The summed E-state index contributed by atoms with van der Waals surface area (Å²) in [5.41, 5.74) is 2.09. The van der Waals surface area contributed by atoms with Crippen molar-refractivity contribution in [3.8, 4) is 5.75 Å². The third-order valence-corrected chi connectivity index (χ3v) is 3.40. The second-order valence-corrected chi connectivity index (χ2v) is 4.59. The Hall–Kier alpha value is -1.55. The summed E-state index contributed by atoms with van der Waals surface area (Å²) in [4.78, 5) is 11.5. The van der Waals surface area contributed by atoms with Gasteiger partial charge in [-0.15, -0.1) is 0 Å². The molecule has 90 valence electrons. The molecule has 1 saturated heterocycles. The Labute approximate surface area is 100 Å². The van der Waals surface area contributed by atoms with E-state index < -0.39 is 0 Å². The number of nitrogens with one attached hydrogen (secondary N) is 2. The van der Waals surface area contributed by atoms with Crippen molar-refractivity contribution in [1.82, 2.24) is 5.32 Å². The molecule has 1 aromatic rings. The van der Waals surface area contributed by atoms with Crippen molar-refractivity contribution >= 4 is 11.6 Å². The highest BCUT2D eigenvalue weighted by molar-refractivity contribution is 5.93. The SMILES string of the molecule is O=C1CCOc2ccc(C3CCNC3)cc2N1. The summed E-state index contributed by atoms with van der Waals surface area (Å²) in [6.07, 6.45) is 1.59. The molecule has 0 saturated carbocycles. The summed E-state index contributed by atoms with van der Waals surface area (Å²) in [5.74, 6) is 1.37. The molecule has 0 aromatic heterocycles. The number of carbonyl (C=O) groups is 1. The van der Waals surface area contributed by atoms with Crippen molar-refractivity contribution < 1.29 is 9.53 Å². The van der Waals surface area contributed by atoms with Crippen molar-refractivity contribution in [3.05, 3.63) is 23.8 Å². The molecule has 17 heavy (non-hydrogen) atoms. The first-order valence-corrected chi connectivity index (χ1v) is 6.10. The molecule has 0 bridgehead atoms. The molecule has 3 rings (SSSR count). The molecule has 0 radical (unpaired) electrons. The maximum absolute atomic E-state index is 11.5. The number of rotatable bonds is 1. The Bertz CT molecular complexity index is 439.